The smallest absolute Gasteiger partial charge is 0.120 e. The average Bonchev–Trinajstić information content (AvgIpc) is 2.15. The molecule has 0 fully saturated rings. The van der Waals surface area contributed by atoms with Crippen LogP contribution in [-0.2, 0) is 17.8 Å². The molecule has 1 aromatic rings. The lowest BCUT2D eigenvalue weighted by atomic mass is 10.1. The van der Waals surface area contributed by atoms with Crippen molar-refractivity contribution in [2.75, 3.05) is 0 Å². The molecule has 1 aromatic carbocycles. The Hall–Kier alpha value is -1.15. The molecular weight excluding hydrogens is 152 g/mol. The largest absolute Gasteiger partial charge is 0.392 e. The maximum atomic E-state index is 10.1. The van der Waals surface area contributed by atoms with Crippen LogP contribution in [-0.4, -0.2) is 11.4 Å². The number of aryl methyl sites for hydroxylation is 1. The molecule has 0 heterocycles. The third-order valence-electron chi connectivity index (χ3n) is 1.72. The Morgan fingerprint density at radius 2 is 2.08 bits per heavy atom. The fraction of sp³-hybridized carbons (Fsp3) is 0.300. The quantitative estimate of drug-likeness (QED) is 0.681. The van der Waals surface area contributed by atoms with Gasteiger partial charge in [0.25, 0.3) is 0 Å². The molecule has 2 nitrogen and oxygen atoms in total. The first-order valence-corrected chi connectivity index (χ1v) is 3.99. The molecule has 0 aliphatic carbocycles. The van der Waals surface area contributed by atoms with E-state index in [-0.39, 0.29) is 6.61 Å². The van der Waals surface area contributed by atoms with Crippen LogP contribution in [0.4, 0.5) is 0 Å². The number of carbonyl (C=O) groups is 1. The lowest BCUT2D eigenvalue weighted by Gasteiger charge is -1.99. The molecule has 1 rings (SSSR count). The van der Waals surface area contributed by atoms with Gasteiger partial charge in [-0.05, 0) is 17.5 Å². The van der Waals surface area contributed by atoms with Gasteiger partial charge < -0.3 is 9.90 Å². The van der Waals surface area contributed by atoms with Gasteiger partial charge >= 0.3 is 0 Å². The van der Waals surface area contributed by atoms with E-state index < -0.39 is 0 Å². The third kappa shape index (κ3) is 2.47. The van der Waals surface area contributed by atoms with E-state index in [1.165, 1.54) is 0 Å². The molecule has 0 saturated carbocycles. The molecule has 0 unspecified atom stereocenters. The molecule has 0 aromatic heterocycles. The van der Waals surface area contributed by atoms with Crippen molar-refractivity contribution >= 4 is 6.29 Å². The van der Waals surface area contributed by atoms with Gasteiger partial charge in [-0.1, -0.05) is 24.3 Å². The van der Waals surface area contributed by atoms with Crippen molar-refractivity contribution in [3.8, 4) is 0 Å². The number of hydrogen-bond donors (Lipinski definition) is 1. The number of aldehydes is 1. The average molecular weight is 164 g/mol. The fourth-order valence-corrected chi connectivity index (χ4v) is 1.11. The summed E-state index contributed by atoms with van der Waals surface area (Å²) in [4.78, 5) is 10.1. The van der Waals surface area contributed by atoms with E-state index in [9.17, 15) is 4.79 Å². The first-order valence-electron chi connectivity index (χ1n) is 3.99. The fourth-order valence-electron chi connectivity index (χ4n) is 1.11. The van der Waals surface area contributed by atoms with E-state index >= 15 is 0 Å². The summed E-state index contributed by atoms with van der Waals surface area (Å²) in [5.41, 5.74) is 2.01. The molecule has 0 amide bonds. The molecule has 1 N–H and O–H groups in total. The van der Waals surface area contributed by atoms with Gasteiger partial charge in [-0.25, -0.2) is 0 Å². The maximum Gasteiger partial charge on any atom is 0.120 e. The Labute approximate surface area is 71.8 Å². The third-order valence-corrected chi connectivity index (χ3v) is 1.72. The molecule has 0 bridgehead atoms. The second-order valence-electron chi connectivity index (χ2n) is 2.68. The molecule has 0 saturated heterocycles. The van der Waals surface area contributed by atoms with Crippen molar-refractivity contribution in [3.05, 3.63) is 35.4 Å². The number of benzene rings is 1. The van der Waals surface area contributed by atoms with E-state index in [0.29, 0.717) is 6.42 Å². The van der Waals surface area contributed by atoms with Crippen molar-refractivity contribution in [1.29, 1.82) is 0 Å². The van der Waals surface area contributed by atoms with Crippen LogP contribution in [0.5, 0.6) is 0 Å². The summed E-state index contributed by atoms with van der Waals surface area (Å²) in [6, 6.07) is 7.64. The zero-order chi connectivity index (χ0) is 8.81. The summed E-state index contributed by atoms with van der Waals surface area (Å²) in [6.07, 6.45) is 2.22. The summed E-state index contributed by atoms with van der Waals surface area (Å²) in [7, 11) is 0. The van der Waals surface area contributed by atoms with Crippen LogP contribution in [0.1, 0.15) is 17.5 Å². The van der Waals surface area contributed by atoms with Crippen molar-refractivity contribution in [1.82, 2.24) is 0 Å². The highest BCUT2D eigenvalue weighted by Gasteiger charge is 1.93. The lowest BCUT2D eigenvalue weighted by molar-refractivity contribution is -0.107. The number of carbonyl (C=O) groups excluding carboxylic acids is 1. The number of hydrogen-bond acceptors (Lipinski definition) is 2. The second-order valence-corrected chi connectivity index (χ2v) is 2.68. The molecule has 0 spiro atoms. The van der Waals surface area contributed by atoms with Gasteiger partial charge in [0.2, 0.25) is 0 Å². The Morgan fingerprint density at radius 3 is 2.75 bits per heavy atom. The topological polar surface area (TPSA) is 37.3 Å². The molecule has 0 radical (unpaired) electrons. The molecular formula is C10H12O2. The second kappa shape index (κ2) is 4.67. The van der Waals surface area contributed by atoms with Gasteiger partial charge in [-0.3, -0.25) is 0 Å². The van der Waals surface area contributed by atoms with Crippen LogP contribution >= 0.6 is 0 Å². The van der Waals surface area contributed by atoms with Crippen molar-refractivity contribution in [2.24, 2.45) is 0 Å². The molecule has 0 atom stereocenters. The van der Waals surface area contributed by atoms with Crippen molar-refractivity contribution in [3.63, 3.8) is 0 Å². The summed E-state index contributed by atoms with van der Waals surface area (Å²) in [5, 5.41) is 8.82. The van der Waals surface area contributed by atoms with E-state index in [2.05, 4.69) is 0 Å². The van der Waals surface area contributed by atoms with Crippen LogP contribution < -0.4 is 0 Å². The summed E-state index contributed by atoms with van der Waals surface area (Å²) < 4.78 is 0. The SMILES string of the molecule is O=CCCc1cccc(CO)c1. The molecule has 0 aliphatic rings. The molecule has 0 aliphatic heterocycles. The maximum absolute atomic E-state index is 10.1. The van der Waals surface area contributed by atoms with E-state index in [1.54, 1.807) is 0 Å². The van der Waals surface area contributed by atoms with Crippen LogP contribution in [0, 0.1) is 0 Å². The standard InChI is InChI=1S/C10H12O2/c11-6-2-5-9-3-1-4-10(7-9)8-12/h1,3-4,6-7,12H,2,5,8H2. The van der Waals surface area contributed by atoms with E-state index in [1.807, 2.05) is 24.3 Å². The minimum Gasteiger partial charge on any atom is -0.392 e. The highest BCUT2D eigenvalue weighted by Crippen LogP contribution is 2.06. The van der Waals surface area contributed by atoms with Crippen LogP contribution in [0.25, 0.3) is 0 Å². The van der Waals surface area contributed by atoms with Gasteiger partial charge in [-0.15, -0.1) is 0 Å². The van der Waals surface area contributed by atoms with Gasteiger partial charge in [-0.2, -0.15) is 0 Å². The molecule has 64 valence electrons. The number of aliphatic hydroxyl groups is 1. The van der Waals surface area contributed by atoms with Gasteiger partial charge in [0.1, 0.15) is 6.29 Å². The van der Waals surface area contributed by atoms with Crippen molar-refractivity contribution < 1.29 is 9.90 Å². The zero-order valence-electron chi connectivity index (χ0n) is 6.86. The zero-order valence-corrected chi connectivity index (χ0v) is 6.86. The predicted molar refractivity (Wildman–Crippen MR) is 46.7 cm³/mol. The Kier molecular flexibility index (Phi) is 3.48. The predicted octanol–water partition coefficient (Wildman–Crippen LogP) is 1.31. The summed E-state index contributed by atoms with van der Waals surface area (Å²) >= 11 is 0. The van der Waals surface area contributed by atoms with Gasteiger partial charge in [0.15, 0.2) is 0 Å². The van der Waals surface area contributed by atoms with E-state index in [4.69, 9.17) is 5.11 Å². The van der Waals surface area contributed by atoms with Crippen LogP contribution in [0.3, 0.4) is 0 Å². The first-order chi connectivity index (χ1) is 5.86. The lowest BCUT2D eigenvalue weighted by Crippen LogP contribution is -1.89. The van der Waals surface area contributed by atoms with Crippen LogP contribution in [0.2, 0.25) is 0 Å². The monoisotopic (exact) mass is 164 g/mol. The number of rotatable bonds is 4. The summed E-state index contributed by atoms with van der Waals surface area (Å²) in [5.74, 6) is 0. The summed E-state index contributed by atoms with van der Waals surface area (Å²) in [6.45, 7) is 0.0644. The van der Waals surface area contributed by atoms with E-state index in [0.717, 1.165) is 23.8 Å². The minimum atomic E-state index is 0.0644. The normalized spacial score (nSPS) is 9.75. The van der Waals surface area contributed by atoms with Gasteiger partial charge in [0, 0.05) is 6.42 Å². The molecule has 12 heavy (non-hydrogen) atoms. The highest BCUT2D eigenvalue weighted by molar-refractivity contribution is 5.50. The Morgan fingerprint density at radius 1 is 1.33 bits per heavy atom. The minimum absolute atomic E-state index is 0.0644. The Balaban J connectivity index is 2.65. The molecule has 2 heteroatoms. The first kappa shape index (κ1) is 8.94. The Bertz CT molecular complexity index is 256. The van der Waals surface area contributed by atoms with Gasteiger partial charge in [0.05, 0.1) is 6.61 Å². The van der Waals surface area contributed by atoms with Crippen molar-refractivity contribution in [2.45, 2.75) is 19.4 Å². The number of aliphatic hydroxyl groups excluding tert-OH is 1. The van der Waals surface area contributed by atoms with Crippen LogP contribution in [0.15, 0.2) is 24.3 Å². The highest BCUT2D eigenvalue weighted by atomic mass is 16.3.